The third kappa shape index (κ3) is 6.17. The molecule has 0 spiro atoms. The second-order valence-electron chi connectivity index (χ2n) is 9.84. The van der Waals surface area contributed by atoms with Crippen molar-refractivity contribution in [1.82, 2.24) is 0 Å². The molecule has 36 heavy (non-hydrogen) atoms. The average Bonchev–Trinajstić information content (AvgIpc) is 2.94. The van der Waals surface area contributed by atoms with Crippen molar-refractivity contribution >= 4 is 34.6 Å². The molecule has 3 fully saturated rings. The van der Waals surface area contributed by atoms with Crippen LogP contribution in [0, 0.1) is 11.8 Å². The van der Waals surface area contributed by atoms with Crippen LogP contribution < -0.4 is 20.4 Å². The molecule has 2 saturated heterocycles. The van der Waals surface area contributed by atoms with E-state index in [4.69, 9.17) is 9.47 Å². The first-order valence-corrected chi connectivity index (χ1v) is 13.1. The van der Waals surface area contributed by atoms with Crippen LogP contribution in [-0.2, 0) is 19.1 Å². The van der Waals surface area contributed by atoms with Crippen molar-refractivity contribution in [2.24, 2.45) is 11.8 Å². The van der Waals surface area contributed by atoms with Crippen LogP contribution in [0.5, 0.6) is 0 Å². The lowest BCUT2D eigenvalue weighted by Crippen LogP contribution is -2.36. The Balaban J connectivity index is 1.17. The van der Waals surface area contributed by atoms with Gasteiger partial charge in [-0.1, -0.05) is 18.6 Å². The number of amides is 2. The van der Waals surface area contributed by atoms with E-state index in [1.807, 2.05) is 36.4 Å². The van der Waals surface area contributed by atoms with Gasteiger partial charge in [-0.2, -0.15) is 0 Å². The van der Waals surface area contributed by atoms with Crippen LogP contribution in [0.4, 0.5) is 22.7 Å². The standard InChI is InChI=1S/C28H36N4O4/c33-27(29-23-6-2-8-25(19-23)31-10-14-35-15-11-31)21-4-1-5-22(18-21)28(34)30-24-7-3-9-26(20-24)32-12-16-36-17-13-32/h2-3,6-9,19-22H,1,4-5,10-18H2,(H,29,33)(H,30,34). The summed E-state index contributed by atoms with van der Waals surface area (Å²) in [6.07, 6.45) is 3.07. The summed E-state index contributed by atoms with van der Waals surface area (Å²) >= 11 is 0. The molecule has 2 aromatic rings. The summed E-state index contributed by atoms with van der Waals surface area (Å²) in [5, 5.41) is 6.20. The number of hydrogen-bond acceptors (Lipinski definition) is 6. The summed E-state index contributed by atoms with van der Waals surface area (Å²) in [6, 6.07) is 16.0. The molecule has 192 valence electrons. The fourth-order valence-corrected chi connectivity index (χ4v) is 5.36. The van der Waals surface area contributed by atoms with Crippen LogP contribution in [0.1, 0.15) is 25.7 Å². The van der Waals surface area contributed by atoms with E-state index in [9.17, 15) is 9.59 Å². The molecule has 2 unspecified atom stereocenters. The van der Waals surface area contributed by atoms with Gasteiger partial charge in [0.1, 0.15) is 0 Å². The molecule has 2 heterocycles. The Morgan fingerprint density at radius 1 is 0.694 bits per heavy atom. The summed E-state index contributed by atoms with van der Waals surface area (Å²) in [7, 11) is 0. The van der Waals surface area contributed by atoms with Gasteiger partial charge >= 0.3 is 0 Å². The molecule has 3 aliphatic rings. The Bertz CT molecular complexity index is 968. The highest BCUT2D eigenvalue weighted by atomic mass is 16.5. The van der Waals surface area contributed by atoms with Crippen molar-refractivity contribution in [3.63, 3.8) is 0 Å². The van der Waals surface area contributed by atoms with Crippen molar-refractivity contribution in [3.05, 3.63) is 48.5 Å². The Hall–Kier alpha value is -3.10. The number of benzene rings is 2. The molecule has 0 bridgehead atoms. The highest BCUT2D eigenvalue weighted by molar-refractivity contribution is 5.96. The van der Waals surface area contributed by atoms with Crippen LogP contribution >= 0.6 is 0 Å². The van der Waals surface area contributed by atoms with Gasteiger partial charge in [0.2, 0.25) is 11.8 Å². The molecule has 2 atom stereocenters. The Labute approximate surface area is 212 Å². The molecular formula is C28H36N4O4. The summed E-state index contributed by atoms with van der Waals surface area (Å²) in [5.41, 5.74) is 3.79. The summed E-state index contributed by atoms with van der Waals surface area (Å²) in [4.78, 5) is 30.8. The van der Waals surface area contributed by atoms with Crippen LogP contribution in [0.2, 0.25) is 0 Å². The lowest BCUT2D eigenvalue weighted by atomic mass is 9.80. The van der Waals surface area contributed by atoms with Gasteiger partial charge in [-0.15, -0.1) is 0 Å². The van der Waals surface area contributed by atoms with Crippen molar-refractivity contribution < 1.29 is 19.1 Å². The van der Waals surface area contributed by atoms with E-state index in [1.54, 1.807) is 0 Å². The van der Waals surface area contributed by atoms with Crippen molar-refractivity contribution in [2.45, 2.75) is 25.7 Å². The van der Waals surface area contributed by atoms with Crippen LogP contribution in [0.3, 0.4) is 0 Å². The fourth-order valence-electron chi connectivity index (χ4n) is 5.36. The summed E-state index contributed by atoms with van der Waals surface area (Å²) in [5.74, 6) is -0.329. The predicted octanol–water partition coefficient (Wildman–Crippen LogP) is 3.74. The van der Waals surface area contributed by atoms with Gasteiger partial charge < -0.3 is 29.9 Å². The summed E-state index contributed by atoms with van der Waals surface area (Å²) in [6.45, 7) is 6.30. The Morgan fingerprint density at radius 2 is 1.14 bits per heavy atom. The topological polar surface area (TPSA) is 83.1 Å². The molecule has 1 aliphatic carbocycles. The van der Waals surface area contributed by atoms with Crippen LogP contribution in [-0.4, -0.2) is 64.4 Å². The van der Waals surface area contributed by atoms with Gasteiger partial charge in [-0.05, 0) is 55.7 Å². The Kier molecular flexibility index (Phi) is 8.03. The van der Waals surface area contributed by atoms with Crippen molar-refractivity contribution in [2.75, 3.05) is 73.0 Å². The maximum atomic E-state index is 13.1. The first-order chi connectivity index (χ1) is 17.7. The van der Waals surface area contributed by atoms with E-state index >= 15 is 0 Å². The first kappa shape index (κ1) is 24.6. The zero-order chi connectivity index (χ0) is 24.7. The maximum absolute atomic E-state index is 13.1. The van der Waals surface area contributed by atoms with Crippen molar-refractivity contribution in [1.29, 1.82) is 0 Å². The predicted molar refractivity (Wildman–Crippen MR) is 142 cm³/mol. The molecule has 2 N–H and O–H groups in total. The molecule has 8 heteroatoms. The zero-order valence-electron chi connectivity index (χ0n) is 20.8. The molecule has 2 aromatic carbocycles. The minimum Gasteiger partial charge on any atom is -0.378 e. The molecule has 1 saturated carbocycles. The zero-order valence-corrected chi connectivity index (χ0v) is 20.8. The quantitative estimate of drug-likeness (QED) is 0.639. The van der Waals surface area contributed by atoms with Crippen molar-refractivity contribution in [3.8, 4) is 0 Å². The highest BCUT2D eigenvalue weighted by Crippen LogP contribution is 2.32. The number of rotatable bonds is 6. The van der Waals surface area contributed by atoms with Gasteiger partial charge in [0.15, 0.2) is 0 Å². The minimum absolute atomic E-state index is 0.000872. The largest absolute Gasteiger partial charge is 0.378 e. The number of nitrogens with one attached hydrogen (secondary N) is 2. The van der Waals surface area contributed by atoms with Gasteiger partial charge in [-0.25, -0.2) is 0 Å². The second-order valence-corrected chi connectivity index (χ2v) is 9.84. The van der Waals surface area contributed by atoms with E-state index in [-0.39, 0.29) is 23.7 Å². The monoisotopic (exact) mass is 492 g/mol. The van der Waals surface area contributed by atoms with Crippen LogP contribution in [0.15, 0.2) is 48.5 Å². The lowest BCUT2D eigenvalue weighted by molar-refractivity contribution is -0.124. The molecule has 2 aliphatic heterocycles. The summed E-state index contributed by atoms with van der Waals surface area (Å²) < 4.78 is 10.9. The minimum atomic E-state index is -0.166. The van der Waals surface area contributed by atoms with Gasteiger partial charge in [0.25, 0.3) is 0 Å². The second kappa shape index (κ2) is 11.8. The molecule has 8 nitrogen and oxygen atoms in total. The molecule has 2 amide bonds. The maximum Gasteiger partial charge on any atom is 0.227 e. The Morgan fingerprint density at radius 3 is 1.58 bits per heavy atom. The van der Waals surface area contributed by atoms with E-state index < -0.39 is 0 Å². The number of hydrogen-bond donors (Lipinski definition) is 2. The number of morpholine rings is 2. The fraction of sp³-hybridized carbons (Fsp3) is 0.500. The number of ether oxygens (including phenoxy) is 2. The lowest BCUT2D eigenvalue weighted by Gasteiger charge is -2.30. The molecule has 0 aromatic heterocycles. The van der Waals surface area contributed by atoms with Gasteiger partial charge in [-0.3, -0.25) is 9.59 Å². The van der Waals surface area contributed by atoms with E-state index in [0.29, 0.717) is 6.42 Å². The number of nitrogens with zero attached hydrogens (tertiary/aromatic N) is 2. The number of carbonyl (C=O) groups excluding carboxylic acids is 2. The highest BCUT2D eigenvalue weighted by Gasteiger charge is 2.31. The van der Waals surface area contributed by atoms with E-state index in [2.05, 4.69) is 32.6 Å². The third-order valence-electron chi connectivity index (χ3n) is 7.40. The molecule has 0 radical (unpaired) electrons. The van der Waals surface area contributed by atoms with Gasteiger partial charge in [0, 0.05) is 60.8 Å². The van der Waals surface area contributed by atoms with E-state index in [1.165, 1.54) is 0 Å². The normalized spacial score (nSPS) is 22.7. The number of anilines is 4. The van der Waals surface area contributed by atoms with E-state index in [0.717, 1.165) is 94.6 Å². The SMILES string of the molecule is O=C(Nc1cccc(N2CCOCC2)c1)C1CCCC(C(=O)Nc2cccc(N3CCOCC3)c2)C1. The van der Waals surface area contributed by atoms with Crippen LogP contribution in [0.25, 0.3) is 0 Å². The molecular weight excluding hydrogens is 456 g/mol. The van der Waals surface area contributed by atoms with Gasteiger partial charge in [0.05, 0.1) is 26.4 Å². The third-order valence-corrected chi connectivity index (χ3v) is 7.40. The average molecular weight is 493 g/mol. The smallest absolute Gasteiger partial charge is 0.227 e. The first-order valence-electron chi connectivity index (χ1n) is 13.1. The number of carbonyl (C=O) groups is 2. The molecule has 5 rings (SSSR count).